The molecule has 7 nitrogen and oxygen atoms in total. The lowest BCUT2D eigenvalue weighted by atomic mass is 10.0. The van der Waals surface area contributed by atoms with E-state index in [1.54, 1.807) is 6.92 Å². The summed E-state index contributed by atoms with van der Waals surface area (Å²) in [5.74, 6) is 0.318. The molecule has 1 aliphatic heterocycles. The number of hydrogen-bond donors (Lipinski definition) is 1. The second-order valence-electron chi connectivity index (χ2n) is 6.50. The molecule has 31 heavy (non-hydrogen) atoms. The van der Waals surface area contributed by atoms with Crippen molar-refractivity contribution in [3.8, 4) is 0 Å². The molecule has 0 spiro atoms. The maximum atomic E-state index is 12.7. The van der Waals surface area contributed by atoms with Crippen LogP contribution in [0, 0.1) is 0 Å². The Labute approximate surface area is 177 Å². The fourth-order valence-corrected chi connectivity index (χ4v) is 2.85. The summed E-state index contributed by atoms with van der Waals surface area (Å²) in [4.78, 5) is 10.2. The predicted octanol–water partition coefficient (Wildman–Crippen LogP) is 4.10. The molecule has 1 atom stereocenters. The third kappa shape index (κ3) is 5.89. The Hall–Kier alpha value is -3.24. The van der Waals surface area contributed by atoms with Crippen molar-refractivity contribution in [2.24, 2.45) is 15.4 Å². The van der Waals surface area contributed by atoms with Crippen molar-refractivity contribution in [2.75, 3.05) is 20.3 Å². The Morgan fingerprint density at radius 3 is 2.55 bits per heavy atom. The molecule has 0 saturated heterocycles. The molecular formula is C21H21F3N4O3. The largest absolute Gasteiger partial charge is 0.473 e. The van der Waals surface area contributed by atoms with Crippen molar-refractivity contribution in [2.45, 2.75) is 19.1 Å². The SMILES string of the molecule is CONC(C1=NOCCO1)c1ccccc1/C=N/N=C(\C)c1ccc(C(F)(F)F)cc1. The Morgan fingerprint density at radius 1 is 1.16 bits per heavy atom. The highest BCUT2D eigenvalue weighted by Crippen LogP contribution is 2.29. The van der Waals surface area contributed by atoms with Crippen molar-refractivity contribution >= 4 is 17.8 Å². The smallest absolute Gasteiger partial charge is 0.416 e. The molecule has 1 N–H and O–H groups in total. The van der Waals surface area contributed by atoms with Crippen LogP contribution < -0.4 is 5.48 Å². The van der Waals surface area contributed by atoms with Gasteiger partial charge in [-0.25, -0.2) is 0 Å². The van der Waals surface area contributed by atoms with E-state index in [2.05, 4.69) is 20.8 Å². The second kappa shape index (κ2) is 10.2. The number of halogens is 3. The van der Waals surface area contributed by atoms with E-state index in [0.717, 1.165) is 23.3 Å². The molecule has 1 unspecified atom stereocenters. The Morgan fingerprint density at radius 2 is 1.90 bits per heavy atom. The van der Waals surface area contributed by atoms with Gasteiger partial charge in [0.2, 0.25) is 5.90 Å². The van der Waals surface area contributed by atoms with Gasteiger partial charge in [-0.2, -0.15) is 28.9 Å². The van der Waals surface area contributed by atoms with E-state index in [0.29, 0.717) is 30.4 Å². The van der Waals surface area contributed by atoms with Crippen molar-refractivity contribution < 1.29 is 27.6 Å². The molecule has 0 fully saturated rings. The maximum Gasteiger partial charge on any atom is 0.416 e. The lowest BCUT2D eigenvalue weighted by Crippen LogP contribution is -2.33. The van der Waals surface area contributed by atoms with E-state index in [1.165, 1.54) is 25.5 Å². The van der Waals surface area contributed by atoms with Crippen LogP contribution in [0.15, 0.2) is 63.9 Å². The predicted molar refractivity (Wildman–Crippen MR) is 110 cm³/mol. The second-order valence-corrected chi connectivity index (χ2v) is 6.50. The number of rotatable bonds is 7. The number of alkyl halides is 3. The van der Waals surface area contributed by atoms with E-state index >= 15 is 0 Å². The van der Waals surface area contributed by atoms with Crippen LogP contribution >= 0.6 is 0 Å². The van der Waals surface area contributed by atoms with Gasteiger partial charge in [-0.1, -0.05) is 36.4 Å². The molecule has 0 bridgehead atoms. The van der Waals surface area contributed by atoms with Crippen LogP contribution in [0.3, 0.4) is 0 Å². The minimum atomic E-state index is -4.38. The number of nitrogens with one attached hydrogen (secondary N) is 1. The number of hydrogen-bond acceptors (Lipinski definition) is 7. The Bertz CT molecular complexity index is 973. The fourth-order valence-electron chi connectivity index (χ4n) is 2.85. The highest BCUT2D eigenvalue weighted by atomic mass is 19.4. The minimum Gasteiger partial charge on any atom is -0.473 e. The lowest BCUT2D eigenvalue weighted by Gasteiger charge is -2.23. The lowest BCUT2D eigenvalue weighted by molar-refractivity contribution is -0.137. The van der Waals surface area contributed by atoms with Crippen molar-refractivity contribution in [1.29, 1.82) is 0 Å². The molecule has 2 aromatic rings. The van der Waals surface area contributed by atoms with Gasteiger partial charge in [-0.15, -0.1) is 0 Å². The average Bonchev–Trinajstić information content (AvgIpc) is 2.78. The summed E-state index contributed by atoms with van der Waals surface area (Å²) in [7, 11) is 1.48. The van der Waals surface area contributed by atoms with Crippen LogP contribution in [0.2, 0.25) is 0 Å². The van der Waals surface area contributed by atoms with E-state index in [4.69, 9.17) is 14.4 Å². The minimum absolute atomic E-state index is 0.318. The first kappa shape index (κ1) is 22.4. The van der Waals surface area contributed by atoms with E-state index in [1.807, 2.05) is 24.3 Å². The average molecular weight is 434 g/mol. The zero-order valence-electron chi connectivity index (χ0n) is 16.9. The fraction of sp³-hybridized carbons (Fsp3) is 0.286. The molecule has 2 aromatic carbocycles. The number of nitrogens with zero attached hydrogens (tertiary/aromatic N) is 3. The van der Waals surface area contributed by atoms with Gasteiger partial charge in [-0.3, -0.25) is 0 Å². The first-order valence-electron chi connectivity index (χ1n) is 9.35. The molecule has 0 amide bonds. The summed E-state index contributed by atoms with van der Waals surface area (Å²) in [6.07, 6.45) is -2.84. The zero-order chi connectivity index (χ0) is 22.3. The topological polar surface area (TPSA) is 76.8 Å². The zero-order valence-corrected chi connectivity index (χ0v) is 16.9. The quantitative estimate of drug-likeness (QED) is 0.526. The molecular weight excluding hydrogens is 413 g/mol. The van der Waals surface area contributed by atoms with Gasteiger partial charge in [0.15, 0.2) is 6.61 Å². The first-order chi connectivity index (χ1) is 14.9. The molecule has 0 saturated carbocycles. The maximum absolute atomic E-state index is 12.7. The number of ether oxygens (including phenoxy) is 1. The van der Waals surface area contributed by atoms with E-state index < -0.39 is 17.8 Å². The van der Waals surface area contributed by atoms with Gasteiger partial charge in [0.25, 0.3) is 0 Å². The van der Waals surface area contributed by atoms with Crippen LogP contribution in [0.1, 0.15) is 35.2 Å². The Kier molecular flexibility index (Phi) is 7.37. The highest BCUT2D eigenvalue weighted by Gasteiger charge is 2.30. The van der Waals surface area contributed by atoms with Gasteiger partial charge in [0.1, 0.15) is 12.6 Å². The van der Waals surface area contributed by atoms with Gasteiger partial charge in [0.05, 0.1) is 24.6 Å². The molecule has 10 heteroatoms. The standard InChI is InChI=1S/C21H21F3N4O3/c1-14(15-7-9-17(10-8-15)21(22,23)24)26-25-13-16-5-3-4-6-18(16)19(27-29-2)20-28-31-12-11-30-20/h3-10,13,19,27H,11-12H2,1-2H3/b25-13+,26-14+. The summed E-state index contributed by atoms with van der Waals surface area (Å²) in [6, 6.07) is 11.6. The molecule has 1 heterocycles. The normalized spacial score (nSPS) is 15.9. The summed E-state index contributed by atoms with van der Waals surface area (Å²) >= 11 is 0. The van der Waals surface area contributed by atoms with Crippen LogP contribution in [-0.2, 0) is 20.6 Å². The van der Waals surface area contributed by atoms with Crippen molar-refractivity contribution in [3.05, 3.63) is 70.8 Å². The molecule has 1 aliphatic rings. The van der Waals surface area contributed by atoms with Gasteiger partial charge < -0.3 is 14.4 Å². The Balaban J connectivity index is 1.81. The highest BCUT2D eigenvalue weighted by molar-refractivity contribution is 5.99. The number of oxime groups is 1. The first-order valence-corrected chi connectivity index (χ1v) is 9.35. The molecule has 0 radical (unpaired) electrons. The summed E-state index contributed by atoms with van der Waals surface area (Å²) in [5, 5.41) is 12.1. The number of benzene rings is 2. The third-order valence-electron chi connectivity index (χ3n) is 4.40. The summed E-state index contributed by atoms with van der Waals surface area (Å²) < 4.78 is 43.7. The molecule has 0 aromatic heterocycles. The molecule has 0 aliphatic carbocycles. The van der Waals surface area contributed by atoms with Gasteiger partial charge in [-0.05, 0) is 40.9 Å². The van der Waals surface area contributed by atoms with Crippen LogP contribution in [0.25, 0.3) is 0 Å². The number of hydroxylamine groups is 1. The van der Waals surface area contributed by atoms with Crippen molar-refractivity contribution in [3.63, 3.8) is 0 Å². The van der Waals surface area contributed by atoms with Crippen LogP contribution in [0.4, 0.5) is 13.2 Å². The van der Waals surface area contributed by atoms with Crippen molar-refractivity contribution in [1.82, 2.24) is 5.48 Å². The monoisotopic (exact) mass is 434 g/mol. The summed E-state index contributed by atoms with van der Waals surface area (Å²) in [6.45, 7) is 2.40. The molecule has 3 rings (SSSR count). The van der Waals surface area contributed by atoms with E-state index in [-0.39, 0.29) is 0 Å². The van der Waals surface area contributed by atoms with E-state index in [9.17, 15) is 13.2 Å². The van der Waals surface area contributed by atoms with Crippen LogP contribution in [0.5, 0.6) is 0 Å². The van der Waals surface area contributed by atoms with Crippen LogP contribution in [-0.4, -0.2) is 38.1 Å². The molecule has 164 valence electrons. The van der Waals surface area contributed by atoms with Gasteiger partial charge >= 0.3 is 6.18 Å². The summed E-state index contributed by atoms with van der Waals surface area (Å²) in [5.41, 5.74) is 4.61. The van der Waals surface area contributed by atoms with Gasteiger partial charge in [0, 0.05) is 0 Å². The third-order valence-corrected chi connectivity index (χ3v) is 4.40.